The summed E-state index contributed by atoms with van der Waals surface area (Å²) < 4.78 is 0. The van der Waals surface area contributed by atoms with E-state index in [9.17, 15) is 9.90 Å². The monoisotopic (exact) mass is 297 g/mol. The van der Waals surface area contributed by atoms with Crippen molar-refractivity contribution in [2.24, 2.45) is 0 Å². The molecule has 0 spiro atoms. The van der Waals surface area contributed by atoms with Gasteiger partial charge in [0.2, 0.25) is 0 Å². The number of amides is 1. The van der Waals surface area contributed by atoms with Crippen LogP contribution < -0.4 is 16.0 Å². The van der Waals surface area contributed by atoms with Gasteiger partial charge in [0.1, 0.15) is 0 Å². The molecule has 0 bridgehead atoms. The predicted octanol–water partition coefficient (Wildman–Crippen LogP) is 0.384. The van der Waals surface area contributed by atoms with Crippen LogP contribution in [0.2, 0.25) is 5.02 Å². The van der Waals surface area contributed by atoms with E-state index in [-0.39, 0.29) is 5.91 Å². The molecule has 110 valence electrons. The van der Waals surface area contributed by atoms with Crippen molar-refractivity contribution in [2.75, 3.05) is 32.7 Å². The van der Waals surface area contributed by atoms with Gasteiger partial charge in [-0.1, -0.05) is 23.7 Å². The molecule has 1 aromatic rings. The summed E-state index contributed by atoms with van der Waals surface area (Å²) in [5.74, 6) is -0.182. The number of hydrogen-bond acceptors (Lipinski definition) is 4. The highest BCUT2D eigenvalue weighted by molar-refractivity contribution is 6.33. The third-order valence-electron chi connectivity index (χ3n) is 3.38. The molecule has 1 atom stereocenters. The minimum Gasteiger partial charge on any atom is -0.387 e. The second-order valence-corrected chi connectivity index (χ2v) is 5.47. The molecular formula is C14H20ClN3O2. The molecule has 1 aromatic carbocycles. The molecule has 4 N–H and O–H groups in total. The molecule has 1 heterocycles. The zero-order chi connectivity index (χ0) is 14.4. The van der Waals surface area contributed by atoms with Crippen molar-refractivity contribution in [3.8, 4) is 0 Å². The maximum absolute atomic E-state index is 11.9. The van der Waals surface area contributed by atoms with Gasteiger partial charge in [-0.2, -0.15) is 0 Å². The third-order valence-corrected chi connectivity index (χ3v) is 3.71. The topological polar surface area (TPSA) is 73.4 Å². The quantitative estimate of drug-likeness (QED) is 0.573. The van der Waals surface area contributed by atoms with Gasteiger partial charge in [0.05, 0.1) is 16.2 Å². The van der Waals surface area contributed by atoms with Gasteiger partial charge in [0, 0.05) is 26.2 Å². The molecule has 5 nitrogen and oxygen atoms in total. The molecule has 1 fully saturated rings. The summed E-state index contributed by atoms with van der Waals surface area (Å²) in [5.41, 5.74) is -0.181. The zero-order valence-electron chi connectivity index (χ0n) is 11.3. The first-order valence-electron chi connectivity index (χ1n) is 6.77. The number of benzene rings is 1. The van der Waals surface area contributed by atoms with E-state index in [4.69, 9.17) is 11.6 Å². The van der Waals surface area contributed by atoms with Crippen molar-refractivity contribution >= 4 is 17.5 Å². The number of hydrogen-bond donors (Lipinski definition) is 4. The second kappa shape index (κ2) is 7.04. The molecule has 2 rings (SSSR count). The van der Waals surface area contributed by atoms with Crippen molar-refractivity contribution in [3.05, 3.63) is 34.9 Å². The fraction of sp³-hybridized carbons (Fsp3) is 0.500. The fourth-order valence-electron chi connectivity index (χ4n) is 2.21. The Morgan fingerprint density at radius 3 is 2.90 bits per heavy atom. The van der Waals surface area contributed by atoms with Crippen LogP contribution in [0.5, 0.6) is 0 Å². The van der Waals surface area contributed by atoms with Crippen LogP contribution in [-0.4, -0.2) is 49.3 Å². The molecule has 0 radical (unpaired) electrons. The molecule has 0 aromatic heterocycles. The smallest absolute Gasteiger partial charge is 0.252 e. The standard InChI is InChI=1S/C14H20ClN3O2/c15-12-4-2-1-3-11(12)13(19)18-8-7-17-10-14(20)5-6-16-9-14/h1-4,16-17,20H,5-10H2,(H,18,19)/t14-/m0/s1. The predicted molar refractivity (Wildman–Crippen MR) is 79.1 cm³/mol. The van der Waals surface area contributed by atoms with Crippen LogP contribution in [0.1, 0.15) is 16.8 Å². The first-order chi connectivity index (χ1) is 9.61. The van der Waals surface area contributed by atoms with E-state index in [2.05, 4.69) is 16.0 Å². The average Bonchev–Trinajstić information content (AvgIpc) is 2.86. The molecule has 0 aliphatic carbocycles. The number of β-amino-alcohol motifs (C(OH)–C–C–N with tert-alkyl or cyclic N) is 1. The lowest BCUT2D eigenvalue weighted by molar-refractivity contribution is 0.0614. The van der Waals surface area contributed by atoms with Crippen molar-refractivity contribution in [3.63, 3.8) is 0 Å². The Labute approximate surface area is 123 Å². The number of aliphatic hydroxyl groups is 1. The van der Waals surface area contributed by atoms with E-state index in [1.165, 1.54) is 0 Å². The van der Waals surface area contributed by atoms with E-state index in [1.807, 2.05) is 0 Å². The summed E-state index contributed by atoms with van der Waals surface area (Å²) in [6.07, 6.45) is 0.756. The number of carbonyl (C=O) groups is 1. The Balaban J connectivity index is 1.66. The number of halogens is 1. The Hall–Kier alpha value is -1.14. The van der Waals surface area contributed by atoms with Gasteiger partial charge < -0.3 is 21.1 Å². The Morgan fingerprint density at radius 1 is 1.40 bits per heavy atom. The maximum atomic E-state index is 11.9. The summed E-state index contributed by atoms with van der Waals surface area (Å²) in [4.78, 5) is 11.9. The average molecular weight is 298 g/mol. The fourth-order valence-corrected chi connectivity index (χ4v) is 2.43. The minimum atomic E-state index is -0.660. The lowest BCUT2D eigenvalue weighted by Crippen LogP contribution is -2.44. The first kappa shape index (κ1) is 15.3. The maximum Gasteiger partial charge on any atom is 0.252 e. The largest absolute Gasteiger partial charge is 0.387 e. The summed E-state index contributed by atoms with van der Waals surface area (Å²) in [6.45, 7) is 3.10. The van der Waals surface area contributed by atoms with Gasteiger partial charge in [0.25, 0.3) is 5.91 Å². The van der Waals surface area contributed by atoms with Gasteiger partial charge in [-0.15, -0.1) is 0 Å². The van der Waals surface area contributed by atoms with Gasteiger partial charge in [-0.25, -0.2) is 0 Å². The molecule has 1 amide bonds. The molecule has 1 aliphatic heterocycles. The van der Waals surface area contributed by atoms with Gasteiger partial charge in [-0.3, -0.25) is 4.79 Å². The van der Waals surface area contributed by atoms with Crippen molar-refractivity contribution in [1.82, 2.24) is 16.0 Å². The molecule has 1 aliphatic rings. The lowest BCUT2D eigenvalue weighted by Gasteiger charge is -2.21. The van der Waals surface area contributed by atoms with Crippen LogP contribution in [0.3, 0.4) is 0 Å². The number of rotatable bonds is 6. The number of nitrogens with one attached hydrogen (secondary N) is 3. The highest BCUT2D eigenvalue weighted by atomic mass is 35.5. The molecule has 1 saturated heterocycles. The van der Waals surface area contributed by atoms with Gasteiger partial charge in [0.15, 0.2) is 0 Å². The zero-order valence-corrected chi connectivity index (χ0v) is 12.0. The van der Waals surface area contributed by atoms with Crippen LogP contribution in [0, 0.1) is 0 Å². The Kier molecular flexibility index (Phi) is 5.37. The van der Waals surface area contributed by atoms with E-state index in [0.29, 0.717) is 36.8 Å². The Morgan fingerprint density at radius 2 is 2.20 bits per heavy atom. The Bertz CT molecular complexity index is 461. The van der Waals surface area contributed by atoms with E-state index in [0.717, 1.165) is 13.0 Å². The van der Waals surface area contributed by atoms with Crippen LogP contribution in [-0.2, 0) is 0 Å². The highest BCUT2D eigenvalue weighted by Crippen LogP contribution is 2.14. The van der Waals surface area contributed by atoms with Crippen LogP contribution >= 0.6 is 11.6 Å². The molecule has 20 heavy (non-hydrogen) atoms. The van der Waals surface area contributed by atoms with Gasteiger partial charge >= 0.3 is 0 Å². The minimum absolute atomic E-state index is 0.182. The van der Waals surface area contributed by atoms with E-state index >= 15 is 0 Å². The molecule has 6 heteroatoms. The summed E-state index contributed by atoms with van der Waals surface area (Å²) in [7, 11) is 0. The van der Waals surface area contributed by atoms with E-state index < -0.39 is 5.60 Å². The molecular weight excluding hydrogens is 278 g/mol. The van der Waals surface area contributed by atoms with Crippen LogP contribution in [0.15, 0.2) is 24.3 Å². The second-order valence-electron chi connectivity index (χ2n) is 5.06. The SMILES string of the molecule is O=C(NCCNC[C@]1(O)CCNC1)c1ccccc1Cl. The van der Waals surface area contributed by atoms with Crippen LogP contribution in [0.4, 0.5) is 0 Å². The molecule has 0 unspecified atom stereocenters. The van der Waals surface area contributed by atoms with Gasteiger partial charge in [-0.05, 0) is 25.1 Å². The van der Waals surface area contributed by atoms with Crippen molar-refractivity contribution in [1.29, 1.82) is 0 Å². The van der Waals surface area contributed by atoms with Crippen LogP contribution in [0.25, 0.3) is 0 Å². The summed E-state index contributed by atoms with van der Waals surface area (Å²) in [5, 5.41) is 19.6. The van der Waals surface area contributed by atoms with E-state index in [1.54, 1.807) is 24.3 Å². The third kappa shape index (κ3) is 4.18. The normalized spacial score (nSPS) is 21.9. The van der Waals surface area contributed by atoms with Crippen molar-refractivity contribution < 1.29 is 9.90 Å². The molecule has 0 saturated carbocycles. The summed E-state index contributed by atoms with van der Waals surface area (Å²) >= 11 is 5.95. The van der Waals surface area contributed by atoms with Crippen molar-refractivity contribution in [2.45, 2.75) is 12.0 Å². The summed E-state index contributed by atoms with van der Waals surface area (Å²) in [6, 6.07) is 6.95. The lowest BCUT2D eigenvalue weighted by atomic mass is 10.0. The first-order valence-corrected chi connectivity index (χ1v) is 7.15. The highest BCUT2D eigenvalue weighted by Gasteiger charge is 2.30. The number of carbonyl (C=O) groups excluding carboxylic acids is 1.